The molecule has 0 atom stereocenters. The Labute approximate surface area is 249 Å². The van der Waals surface area contributed by atoms with Crippen molar-refractivity contribution in [2.45, 2.75) is 89.1 Å². The summed E-state index contributed by atoms with van der Waals surface area (Å²) in [6.45, 7) is 11.0. The molecule has 1 aromatic carbocycles. The Balaban J connectivity index is 1.14. The van der Waals surface area contributed by atoms with E-state index in [0.29, 0.717) is 10.9 Å². The van der Waals surface area contributed by atoms with E-state index in [4.69, 9.17) is 4.74 Å². The van der Waals surface area contributed by atoms with E-state index in [1.807, 2.05) is 44.9 Å². The number of carbonyl (C=O) groups is 1. The smallest absolute Gasteiger partial charge is 0.248 e. The summed E-state index contributed by atoms with van der Waals surface area (Å²) in [6, 6.07) is 4.70. The molecule has 0 unspecified atom stereocenters. The topological polar surface area (TPSA) is 73.4 Å². The first-order valence-corrected chi connectivity index (χ1v) is 17.2. The minimum Gasteiger partial charge on any atom is -0.370 e. The van der Waals surface area contributed by atoms with Crippen LogP contribution < -0.4 is 0 Å². The first-order chi connectivity index (χ1) is 19.5. The van der Waals surface area contributed by atoms with Crippen molar-refractivity contribution in [1.82, 2.24) is 19.0 Å². The van der Waals surface area contributed by atoms with Gasteiger partial charge in [0.15, 0.2) is 0 Å². The minimum absolute atomic E-state index is 0.0165. The SMILES string of the molecule is Cc1cc(C)c(S(=O)(=O)N(C)CCOCC(=O)N(C)C2CCC(N3CCC(C4CCN(C)CC4)CC3)CC2)c(C)c1. The highest BCUT2D eigenvalue weighted by atomic mass is 32.2. The van der Waals surface area contributed by atoms with Crippen molar-refractivity contribution >= 4 is 15.9 Å². The average molecular weight is 591 g/mol. The van der Waals surface area contributed by atoms with Gasteiger partial charge in [-0.1, -0.05) is 17.7 Å². The van der Waals surface area contributed by atoms with Crippen LogP contribution in [-0.2, 0) is 19.6 Å². The number of hydrogen-bond donors (Lipinski definition) is 0. The van der Waals surface area contributed by atoms with E-state index in [1.165, 1.54) is 56.2 Å². The monoisotopic (exact) mass is 590 g/mol. The molecule has 2 saturated heterocycles. The Kier molecular flexibility index (Phi) is 11.3. The van der Waals surface area contributed by atoms with Gasteiger partial charge in [-0.2, -0.15) is 4.31 Å². The second-order valence-corrected chi connectivity index (χ2v) is 15.1. The highest BCUT2D eigenvalue weighted by Crippen LogP contribution is 2.35. The first-order valence-electron chi connectivity index (χ1n) is 15.8. The molecule has 1 aliphatic carbocycles. The lowest BCUT2D eigenvalue weighted by Crippen LogP contribution is -2.48. The third-order valence-electron chi connectivity index (χ3n) is 10.2. The molecule has 1 saturated carbocycles. The molecule has 0 spiro atoms. The van der Waals surface area contributed by atoms with Crippen molar-refractivity contribution in [2.75, 3.05) is 67.1 Å². The number of carbonyl (C=O) groups excluding carboxylic acids is 1. The van der Waals surface area contributed by atoms with Gasteiger partial charge in [0.05, 0.1) is 11.5 Å². The number of sulfonamides is 1. The van der Waals surface area contributed by atoms with Gasteiger partial charge < -0.3 is 19.4 Å². The molecule has 9 heteroatoms. The largest absolute Gasteiger partial charge is 0.370 e. The molecule has 1 aromatic rings. The summed E-state index contributed by atoms with van der Waals surface area (Å²) in [7, 11) is 2.08. The summed E-state index contributed by atoms with van der Waals surface area (Å²) >= 11 is 0. The molecule has 232 valence electrons. The van der Waals surface area contributed by atoms with Gasteiger partial charge in [-0.15, -0.1) is 0 Å². The Bertz CT molecular complexity index is 1100. The maximum Gasteiger partial charge on any atom is 0.248 e. The fourth-order valence-corrected chi connectivity index (χ4v) is 9.13. The molecule has 2 aliphatic heterocycles. The van der Waals surface area contributed by atoms with Crippen molar-refractivity contribution < 1.29 is 17.9 Å². The van der Waals surface area contributed by atoms with Gasteiger partial charge in [-0.25, -0.2) is 8.42 Å². The Morgan fingerprint density at radius 2 is 1.41 bits per heavy atom. The van der Waals surface area contributed by atoms with Gasteiger partial charge in [0.25, 0.3) is 0 Å². The molecular formula is C32H54N4O4S. The van der Waals surface area contributed by atoms with Crippen LogP contribution in [0.4, 0.5) is 0 Å². The summed E-state index contributed by atoms with van der Waals surface area (Å²) in [5.41, 5.74) is 2.54. The van der Waals surface area contributed by atoms with Crippen LogP contribution in [0.2, 0.25) is 0 Å². The highest BCUT2D eigenvalue weighted by Gasteiger charge is 2.34. The highest BCUT2D eigenvalue weighted by molar-refractivity contribution is 7.89. The van der Waals surface area contributed by atoms with E-state index in [9.17, 15) is 13.2 Å². The molecule has 41 heavy (non-hydrogen) atoms. The Hall–Kier alpha value is -1.52. The maximum atomic E-state index is 13.2. The normalized spacial score (nSPS) is 24.2. The van der Waals surface area contributed by atoms with Gasteiger partial charge in [-0.05, 0) is 128 Å². The maximum absolute atomic E-state index is 13.2. The average Bonchev–Trinajstić information content (AvgIpc) is 2.94. The van der Waals surface area contributed by atoms with Crippen molar-refractivity contribution in [2.24, 2.45) is 11.8 Å². The first kappa shape index (κ1) is 32.4. The van der Waals surface area contributed by atoms with Crippen LogP contribution >= 0.6 is 0 Å². The quantitative estimate of drug-likeness (QED) is 0.383. The van der Waals surface area contributed by atoms with Gasteiger partial charge in [0.2, 0.25) is 15.9 Å². The number of aryl methyl sites for hydroxylation is 3. The molecule has 1 amide bonds. The van der Waals surface area contributed by atoms with E-state index in [-0.39, 0.29) is 31.7 Å². The Morgan fingerprint density at radius 1 is 0.878 bits per heavy atom. The molecule has 0 radical (unpaired) electrons. The van der Waals surface area contributed by atoms with Crippen LogP contribution in [0.3, 0.4) is 0 Å². The van der Waals surface area contributed by atoms with E-state index in [0.717, 1.165) is 54.2 Å². The van der Waals surface area contributed by atoms with Crippen LogP contribution in [0, 0.1) is 32.6 Å². The van der Waals surface area contributed by atoms with Gasteiger partial charge >= 0.3 is 0 Å². The summed E-state index contributed by atoms with van der Waals surface area (Å²) in [6.07, 6.45) is 9.84. The summed E-state index contributed by atoms with van der Waals surface area (Å²) in [5.74, 6) is 1.82. The number of rotatable bonds is 10. The van der Waals surface area contributed by atoms with Crippen molar-refractivity contribution in [3.05, 3.63) is 28.8 Å². The summed E-state index contributed by atoms with van der Waals surface area (Å²) in [4.78, 5) is 20.3. The summed E-state index contributed by atoms with van der Waals surface area (Å²) < 4.78 is 33.3. The minimum atomic E-state index is -3.62. The second kappa shape index (κ2) is 14.3. The lowest BCUT2D eigenvalue weighted by atomic mass is 9.78. The molecule has 3 aliphatic rings. The van der Waals surface area contributed by atoms with Crippen LogP contribution in [-0.4, -0.2) is 112 Å². The third-order valence-corrected chi connectivity index (χ3v) is 12.3. The van der Waals surface area contributed by atoms with Crippen LogP contribution in [0.5, 0.6) is 0 Å². The van der Waals surface area contributed by atoms with E-state index >= 15 is 0 Å². The van der Waals surface area contributed by atoms with Gasteiger partial charge in [0, 0.05) is 32.7 Å². The zero-order chi connectivity index (χ0) is 29.7. The number of hydrogen-bond acceptors (Lipinski definition) is 6. The molecule has 0 N–H and O–H groups in total. The Morgan fingerprint density at radius 3 is 1.98 bits per heavy atom. The van der Waals surface area contributed by atoms with E-state index < -0.39 is 10.0 Å². The molecule has 3 fully saturated rings. The number of likely N-dealkylation sites (tertiary alicyclic amines) is 2. The second-order valence-electron chi connectivity index (χ2n) is 13.1. The van der Waals surface area contributed by atoms with E-state index in [1.54, 1.807) is 7.05 Å². The van der Waals surface area contributed by atoms with Crippen LogP contribution in [0.1, 0.15) is 68.1 Å². The standard InChI is InChI=1S/C32H54N4O4S/c1-24-21-25(2)32(26(3)22-24)41(38,39)34(5)19-20-40-23-31(37)35(6)29-7-9-30(10-8-29)36-17-13-28(14-18-36)27-11-15-33(4)16-12-27/h21-22,27-30H,7-20,23H2,1-6H3. The zero-order valence-corrected chi connectivity index (χ0v) is 27.2. The number of ether oxygens (including phenoxy) is 1. The fourth-order valence-electron chi connectivity index (χ4n) is 7.57. The summed E-state index contributed by atoms with van der Waals surface area (Å²) in [5, 5.41) is 0. The molecule has 4 rings (SSSR count). The zero-order valence-electron chi connectivity index (χ0n) is 26.4. The fraction of sp³-hybridized carbons (Fsp3) is 0.781. The number of likely N-dealkylation sites (N-methyl/N-ethyl adjacent to an activating group) is 2. The number of benzene rings is 1. The molecule has 8 nitrogen and oxygen atoms in total. The number of nitrogens with zero attached hydrogens (tertiary/aromatic N) is 4. The van der Waals surface area contributed by atoms with Crippen LogP contribution in [0.25, 0.3) is 0 Å². The number of amides is 1. The lowest BCUT2D eigenvalue weighted by Gasteiger charge is -2.44. The van der Waals surface area contributed by atoms with Crippen molar-refractivity contribution in [3.8, 4) is 0 Å². The lowest BCUT2D eigenvalue weighted by molar-refractivity contribution is -0.137. The molecule has 2 heterocycles. The third kappa shape index (κ3) is 8.11. The van der Waals surface area contributed by atoms with Gasteiger partial charge in [0.1, 0.15) is 6.61 Å². The van der Waals surface area contributed by atoms with Crippen molar-refractivity contribution in [1.29, 1.82) is 0 Å². The predicted octanol–water partition coefficient (Wildman–Crippen LogP) is 4.07. The predicted molar refractivity (Wildman–Crippen MR) is 165 cm³/mol. The van der Waals surface area contributed by atoms with Gasteiger partial charge in [-0.3, -0.25) is 4.79 Å². The van der Waals surface area contributed by atoms with Crippen LogP contribution in [0.15, 0.2) is 17.0 Å². The molecular weight excluding hydrogens is 536 g/mol. The molecule has 0 aromatic heterocycles. The molecule has 0 bridgehead atoms. The number of piperidine rings is 2. The van der Waals surface area contributed by atoms with E-state index in [2.05, 4.69) is 16.8 Å². The van der Waals surface area contributed by atoms with Crippen molar-refractivity contribution in [3.63, 3.8) is 0 Å².